The predicted molar refractivity (Wildman–Crippen MR) is 597 cm³/mol. The molecular formula is C132H91N11. The van der Waals surface area contributed by atoms with Gasteiger partial charge in [-0.2, -0.15) is 0 Å². The lowest BCUT2D eigenvalue weighted by Crippen LogP contribution is -1.98. The lowest BCUT2D eigenvalue weighted by molar-refractivity contribution is 1.02. The van der Waals surface area contributed by atoms with Gasteiger partial charge in [-0.3, -0.25) is 14.5 Å². The second-order valence-corrected chi connectivity index (χ2v) is 37.4. The zero-order chi connectivity index (χ0) is 95.0. The van der Waals surface area contributed by atoms with Crippen molar-refractivity contribution in [3.8, 4) is 95.4 Å². The first-order valence-corrected chi connectivity index (χ1v) is 48.9. The summed E-state index contributed by atoms with van der Waals surface area (Å²) in [6.45, 7) is 8.20. The quantitative estimate of drug-likeness (QED) is 0.122. The Kier molecular flexibility index (Phi) is 19.9. The van der Waals surface area contributed by atoms with Crippen LogP contribution in [-0.4, -0.2) is 51.9 Å². The first kappa shape index (κ1) is 83.5. The van der Waals surface area contributed by atoms with Crippen LogP contribution in [0.25, 0.3) is 248 Å². The summed E-state index contributed by atoms with van der Waals surface area (Å²) < 4.78 is 16.6. The number of benzene rings is 19. The monoisotopic (exact) mass is 1830 g/mol. The number of aryl methyl sites for hydroxylation is 4. The summed E-state index contributed by atoms with van der Waals surface area (Å²) in [5, 5.41) is 14.4. The van der Waals surface area contributed by atoms with Crippen molar-refractivity contribution in [2.24, 2.45) is 0 Å². The summed E-state index contributed by atoms with van der Waals surface area (Å²) in [6.07, 6.45) is 0. The summed E-state index contributed by atoms with van der Waals surface area (Å²) in [6, 6.07) is 173. The molecule has 29 rings (SSSR count). The van der Waals surface area contributed by atoms with Crippen molar-refractivity contribution in [2.45, 2.75) is 27.7 Å². The number of hydrogen-bond donors (Lipinski definition) is 0. The number of fused-ring (bicyclic) bond motifs is 21. The van der Waals surface area contributed by atoms with Gasteiger partial charge in [0.15, 0.2) is 0 Å². The van der Waals surface area contributed by atoms with Crippen LogP contribution in [0.3, 0.4) is 0 Å². The Balaban J connectivity index is 0.000000107. The molecule has 19 aromatic carbocycles. The average molecular weight is 1830 g/mol. The molecule has 0 fully saturated rings. The van der Waals surface area contributed by atoms with Gasteiger partial charge in [0.2, 0.25) is 0 Å². The fraction of sp³-hybridized carbons (Fsp3) is 0.0303. The Morgan fingerprint density at radius 1 is 0.147 bits per heavy atom. The second kappa shape index (κ2) is 34.1. The molecule has 0 unspecified atom stereocenters. The van der Waals surface area contributed by atoms with E-state index < -0.39 is 0 Å². The lowest BCUT2D eigenvalue weighted by atomic mass is 10.0. The third-order valence-corrected chi connectivity index (χ3v) is 28.8. The van der Waals surface area contributed by atoms with E-state index in [1.54, 1.807) is 0 Å². The number of rotatable bonds is 12. The van der Waals surface area contributed by atoms with Crippen molar-refractivity contribution >= 4 is 153 Å². The van der Waals surface area contributed by atoms with Crippen LogP contribution < -0.4 is 0 Å². The van der Waals surface area contributed by atoms with Crippen molar-refractivity contribution in [3.05, 3.63) is 502 Å². The molecule has 0 bridgehead atoms. The summed E-state index contributed by atoms with van der Waals surface area (Å²) in [5.41, 5.74) is 41.1. The van der Waals surface area contributed by atoms with Gasteiger partial charge in [-0.05, 0) is 290 Å². The predicted octanol–water partition coefficient (Wildman–Crippen LogP) is 33.9. The van der Waals surface area contributed by atoms with Gasteiger partial charge in [-0.1, -0.05) is 273 Å². The minimum absolute atomic E-state index is 0.774. The van der Waals surface area contributed by atoms with Crippen molar-refractivity contribution in [1.29, 1.82) is 0 Å². The third kappa shape index (κ3) is 14.1. The van der Waals surface area contributed by atoms with Crippen LogP contribution in [0.15, 0.2) is 479 Å². The van der Waals surface area contributed by atoms with Gasteiger partial charge in [0.25, 0.3) is 0 Å². The molecule has 0 spiro atoms. The van der Waals surface area contributed by atoms with Gasteiger partial charge in [0.05, 0.1) is 88.4 Å². The van der Waals surface area contributed by atoms with Crippen LogP contribution in [0.4, 0.5) is 0 Å². The van der Waals surface area contributed by atoms with E-state index in [2.05, 4.69) is 532 Å². The molecule has 11 nitrogen and oxygen atoms in total. The van der Waals surface area contributed by atoms with Gasteiger partial charge in [0, 0.05) is 116 Å². The van der Waals surface area contributed by atoms with Crippen LogP contribution in [0, 0.1) is 27.7 Å². The lowest BCUT2D eigenvalue weighted by Gasteiger charge is -2.11. The highest BCUT2D eigenvalue weighted by Gasteiger charge is 2.26. The fourth-order valence-corrected chi connectivity index (χ4v) is 22.4. The number of aromatic nitrogens is 11. The molecule has 0 N–H and O–H groups in total. The molecule has 0 radical (unpaired) electrons. The Labute approximate surface area is 824 Å². The molecule has 0 aliphatic carbocycles. The number of pyridine rings is 2. The van der Waals surface area contributed by atoms with E-state index in [-0.39, 0.29) is 0 Å². The molecule has 0 atom stereocenters. The topological polar surface area (TPSA) is 86.1 Å². The van der Waals surface area contributed by atoms with Gasteiger partial charge in [-0.25, -0.2) is 9.97 Å². The first-order valence-electron chi connectivity index (χ1n) is 48.9. The molecule has 29 aromatic rings. The molecule has 0 aliphatic rings. The Hall–Kier alpha value is -18.8. The normalized spacial score (nSPS) is 11.8. The Bertz CT molecular complexity index is 9870. The van der Waals surface area contributed by atoms with Gasteiger partial charge in [0.1, 0.15) is 11.5 Å². The van der Waals surface area contributed by atoms with Crippen LogP contribution in [0.2, 0.25) is 0 Å². The van der Waals surface area contributed by atoms with Crippen LogP contribution >= 0.6 is 0 Å². The maximum absolute atomic E-state index is 5.10. The zero-order valence-electron chi connectivity index (χ0n) is 79.0. The summed E-state index contributed by atoms with van der Waals surface area (Å²) in [5.74, 6) is 0.774. The van der Waals surface area contributed by atoms with E-state index in [0.29, 0.717) is 0 Å². The first-order chi connectivity index (χ1) is 70.6. The molecule has 0 aliphatic heterocycles. The van der Waals surface area contributed by atoms with E-state index >= 15 is 0 Å². The fourth-order valence-electron chi connectivity index (χ4n) is 22.4. The number of para-hydroxylation sites is 5. The molecule has 10 heterocycles. The highest BCUT2D eigenvalue weighted by atomic mass is 15.1. The van der Waals surface area contributed by atoms with E-state index in [4.69, 9.17) is 19.9 Å². The Morgan fingerprint density at radius 2 is 0.378 bits per heavy atom. The van der Waals surface area contributed by atoms with Crippen LogP contribution in [0.1, 0.15) is 22.9 Å². The molecule has 0 saturated heterocycles. The van der Waals surface area contributed by atoms with Gasteiger partial charge >= 0.3 is 0 Å². The van der Waals surface area contributed by atoms with Crippen molar-refractivity contribution in [2.75, 3.05) is 0 Å². The standard InChI is InChI=1S/C48H32N4.C42H30N4.C42H29N3/c1-31-20-24-47-48(49-31)41-30-36(23-27-46(41)50(47)34-14-6-3-7-15-34)52-44-25-21-33(32-12-4-2-5-13-32)28-39(44)40-29-35(22-26-45(40)52)51-42-18-10-8-16-37(42)38-17-9-11-19-43(38)51;1-27-41-37-26-34(20-23-40(37)46(33-16-10-5-11-17-33)42(41)44-28(2)43-27)45-38-21-18-31(29-12-6-3-7-13-29)24-35(38)36-25-32(19-22-39(36)45)30-14-8-4-9-15-30;1-28-17-21-41-42(43-28)37-27-34(20-24-40(37)44(41)33-15-9-4-10-16-33)45-38-22-18-31(29-11-5-2-6-12-29)25-35(38)36-26-32(19-23-39(36)45)30-13-7-3-8-14-30/h2-30H,1H3;3-26H,1-2H3;2-27H,1H3. The number of nitrogens with zero attached hydrogens (tertiary/aromatic N) is 11. The molecule has 143 heavy (non-hydrogen) atoms. The SMILES string of the molecule is Cc1ccc2c(n1)c1cc(-n3c4ccc(-c5ccccc5)cc4c4cc(-c5ccccc5)ccc43)ccc1n2-c1ccccc1.Cc1ccc2c(n1)c1cc(-n3c4ccc(-c5ccccc5)cc4c4cc(-n5c6ccccc6c6ccccc65)ccc43)ccc1n2-c1ccccc1.Cc1nc(C)c2c3cc(-n4c5ccc(-c6ccccc6)cc5c5cc(-c6ccccc6)ccc54)ccc3n(-c3ccccc3)c2n1. The second-order valence-electron chi connectivity index (χ2n) is 37.4. The zero-order valence-corrected chi connectivity index (χ0v) is 79.0. The van der Waals surface area contributed by atoms with Crippen LogP contribution in [-0.2, 0) is 0 Å². The van der Waals surface area contributed by atoms with Crippen molar-refractivity contribution in [3.63, 3.8) is 0 Å². The molecule has 0 amide bonds. The van der Waals surface area contributed by atoms with Crippen molar-refractivity contribution < 1.29 is 0 Å². The van der Waals surface area contributed by atoms with Crippen molar-refractivity contribution in [1.82, 2.24) is 51.9 Å². The molecule has 11 heteroatoms. The van der Waals surface area contributed by atoms with E-state index in [1.807, 2.05) is 6.92 Å². The average Bonchev–Trinajstić information content (AvgIpc) is 1.55. The maximum atomic E-state index is 5.10. The highest BCUT2D eigenvalue weighted by molar-refractivity contribution is 6.18. The van der Waals surface area contributed by atoms with Gasteiger partial charge in [-0.15, -0.1) is 0 Å². The number of hydrogen-bond acceptors (Lipinski definition) is 4. The van der Waals surface area contributed by atoms with E-state index in [9.17, 15) is 0 Å². The molecule has 674 valence electrons. The minimum Gasteiger partial charge on any atom is -0.309 e. The van der Waals surface area contributed by atoms with Crippen LogP contribution in [0.5, 0.6) is 0 Å². The summed E-state index contributed by atoms with van der Waals surface area (Å²) in [4.78, 5) is 19.9. The largest absolute Gasteiger partial charge is 0.309 e. The highest BCUT2D eigenvalue weighted by Crippen LogP contribution is 2.47. The molecule has 10 aromatic heterocycles. The van der Waals surface area contributed by atoms with E-state index in [0.717, 1.165) is 129 Å². The smallest absolute Gasteiger partial charge is 0.149 e. The minimum atomic E-state index is 0.774. The maximum Gasteiger partial charge on any atom is 0.149 e. The third-order valence-electron chi connectivity index (χ3n) is 28.8. The molecule has 0 saturated carbocycles. The van der Waals surface area contributed by atoms with Gasteiger partial charge < -0.3 is 27.4 Å². The summed E-state index contributed by atoms with van der Waals surface area (Å²) in [7, 11) is 0. The Morgan fingerprint density at radius 3 is 0.699 bits per heavy atom. The van der Waals surface area contributed by atoms with E-state index in [1.165, 1.54) is 143 Å². The molecular weight excluding hydrogens is 1740 g/mol. The summed E-state index contributed by atoms with van der Waals surface area (Å²) >= 11 is 0.